The Hall–Kier alpha value is -1.83. The summed E-state index contributed by atoms with van der Waals surface area (Å²) in [5.74, 6) is -5.37. The molecule has 0 aromatic carbocycles. The number of rotatable bonds is 1. The van der Waals surface area contributed by atoms with Gasteiger partial charge in [-0.15, -0.1) is 0 Å². The minimum absolute atomic E-state index is 0.843. The number of alkyl halides is 5. The van der Waals surface area contributed by atoms with Crippen molar-refractivity contribution < 1.29 is 22.0 Å². The van der Waals surface area contributed by atoms with E-state index in [0.717, 1.165) is 12.1 Å². The molecule has 14 heavy (non-hydrogen) atoms. The third-order valence-electron chi connectivity index (χ3n) is 1.19. The summed E-state index contributed by atoms with van der Waals surface area (Å²) in [4.78, 5) is 0. The Morgan fingerprint density at radius 2 is 1.36 bits per heavy atom. The zero-order valence-corrected chi connectivity index (χ0v) is 6.36. The van der Waals surface area contributed by atoms with E-state index < -0.39 is 23.4 Å². The Balaban J connectivity index is 5.48. The highest BCUT2D eigenvalue weighted by Gasteiger charge is 2.60. The van der Waals surface area contributed by atoms with Crippen LogP contribution < -0.4 is 5.73 Å². The lowest BCUT2D eigenvalue weighted by molar-refractivity contribution is -0.264. The molecule has 2 N–H and O–H groups in total. The van der Waals surface area contributed by atoms with Gasteiger partial charge in [0.1, 0.15) is 17.8 Å². The Labute approximate surface area is 74.8 Å². The highest BCUT2D eigenvalue weighted by atomic mass is 19.4. The maximum atomic E-state index is 12.3. The van der Waals surface area contributed by atoms with Gasteiger partial charge in [0, 0.05) is 0 Å². The van der Waals surface area contributed by atoms with E-state index in [0.29, 0.717) is 0 Å². The van der Waals surface area contributed by atoms with Crippen molar-refractivity contribution in [3.63, 3.8) is 0 Å². The van der Waals surface area contributed by atoms with Crippen molar-refractivity contribution in [2.24, 2.45) is 5.73 Å². The molecule has 0 aliphatic carbocycles. The maximum absolute atomic E-state index is 12.3. The van der Waals surface area contributed by atoms with Gasteiger partial charge in [0.25, 0.3) is 0 Å². The molecule has 3 nitrogen and oxygen atoms in total. The second-order valence-corrected chi connectivity index (χ2v) is 2.08. The number of allylic oxidation sites excluding steroid dienone is 2. The lowest BCUT2D eigenvalue weighted by Gasteiger charge is -2.19. The maximum Gasteiger partial charge on any atom is 0.459 e. The van der Waals surface area contributed by atoms with E-state index in [1.807, 2.05) is 0 Å². The summed E-state index contributed by atoms with van der Waals surface area (Å²) in [6.07, 6.45) is -5.92. The van der Waals surface area contributed by atoms with Crippen molar-refractivity contribution in [2.45, 2.75) is 12.1 Å². The number of hydrogen-bond donors (Lipinski definition) is 1. The molecule has 8 heteroatoms. The molecule has 76 valence electrons. The summed E-state index contributed by atoms with van der Waals surface area (Å²) in [5, 5.41) is 16.0. The predicted octanol–water partition coefficient (Wildman–Crippen LogP) is 1.44. The van der Waals surface area contributed by atoms with E-state index in [4.69, 9.17) is 10.5 Å². The van der Waals surface area contributed by atoms with Crippen LogP contribution in [0.5, 0.6) is 0 Å². The fourth-order valence-electron chi connectivity index (χ4n) is 0.455. The minimum atomic E-state index is -5.92. The van der Waals surface area contributed by atoms with Crippen LogP contribution in [-0.4, -0.2) is 12.1 Å². The molecule has 0 aliphatic heterocycles. The fourth-order valence-corrected chi connectivity index (χ4v) is 0.455. The topological polar surface area (TPSA) is 73.6 Å². The largest absolute Gasteiger partial charge is 0.459 e. The van der Waals surface area contributed by atoms with Crippen LogP contribution in [0.15, 0.2) is 11.3 Å². The number of nitrogens with two attached hydrogens (primary N) is 1. The lowest BCUT2D eigenvalue weighted by Crippen LogP contribution is -2.42. The second-order valence-electron chi connectivity index (χ2n) is 2.08. The molecule has 0 aliphatic rings. The van der Waals surface area contributed by atoms with Crippen LogP contribution in [0.3, 0.4) is 0 Å². The average molecular weight is 211 g/mol. The van der Waals surface area contributed by atoms with Crippen molar-refractivity contribution in [3.8, 4) is 12.1 Å². The van der Waals surface area contributed by atoms with Gasteiger partial charge in [0.2, 0.25) is 0 Å². The van der Waals surface area contributed by atoms with E-state index in [1.54, 1.807) is 0 Å². The Kier molecular flexibility index (Phi) is 3.04. The van der Waals surface area contributed by atoms with E-state index in [2.05, 4.69) is 5.73 Å². The first-order valence-electron chi connectivity index (χ1n) is 2.93. The molecule has 0 aromatic rings. The van der Waals surface area contributed by atoms with Crippen molar-refractivity contribution >= 4 is 0 Å². The third kappa shape index (κ3) is 1.91. The monoisotopic (exact) mass is 211 g/mol. The summed E-state index contributed by atoms with van der Waals surface area (Å²) < 4.78 is 59.6. The minimum Gasteiger partial charge on any atom is -0.395 e. The van der Waals surface area contributed by atoms with Crippen LogP contribution in [0.2, 0.25) is 0 Å². The first-order chi connectivity index (χ1) is 6.18. The zero-order chi connectivity index (χ0) is 11.6. The molecule has 0 spiro atoms. The van der Waals surface area contributed by atoms with Crippen molar-refractivity contribution in [1.29, 1.82) is 10.5 Å². The number of hydrogen-bond acceptors (Lipinski definition) is 3. The van der Waals surface area contributed by atoms with Gasteiger partial charge in [-0.1, -0.05) is 0 Å². The third-order valence-corrected chi connectivity index (χ3v) is 1.19. The molecule has 0 rings (SSSR count). The smallest absolute Gasteiger partial charge is 0.395 e. The van der Waals surface area contributed by atoms with Gasteiger partial charge < -0.3 is 5.73 Å². The van der Waals surface area contributed by atoms with E-state index in [1.165, 1.54) is 0 Å². The van der Waals surface area contributed by atoms with Crippen LogP contribution in [0.4, 0.5) is 22.0 Å². The molecule has 0 atom stereocenters. The Morgan fingerprint density at radius 3 is 1.57 bits per heavy atom. The standard InChI is InChI=1S/C6H2F5N3/c7-5(8,6(9,10)11)4(14)3(1-12)2-13/h14H2. The molecule has 0 bridgehead atoms. The van der Waals surface area contributed by atoms with Gasteiger partial charge in [-0.2, -0.15) is 32.5 Å². The average Bonchev–Trinajstić information content (AvgIpc) is 2.04. The van der Waals surface area contributed by atoms with Gasteiger partial charge in [-0.05, 0) is 0 Å². The van der Waals surface area contributed by atoms with E-state index in [9.17, 15) is 22.0 Å². The molecule has 0 aromatic heterocycles. The molecule has 0 fully saturated rings. The molecular formula is C6H2F5N3. The lowest BCUT2D eigenvalue weighted by atomic mass is 10.1. The quantitative estimate of drug-likeness (QED) is 0.526. The number of nitrogens with zero attached hydrogens (tertiary/aromatic N) is 2. The summed E-state index contributed by atoms with van der Waals surface area (Å²) >= 11 is 0. The van der Waals surface area contributed by atoms with Gasteiger partial charge in [-0.25, -0.2) is 0 Å². The molecule has 0 radical (unpaired) electrons. The molecule has 0 unspecified atom stereocenters. The highest BCUT2D eigenvalue weighted by molar-refractivity contribution is 5.42. The van der Waals surface area contributed by atoms with E-state index >= 15 is 0 Å². The Bertz CT molecular complexity index is 324. The molecule has 0 saturated heterocycles. The van der Waals surface area contributed by atoms with Gasteiger partial charge in [0.05, 0.1) is 0 Å². The van der Waals surface area contributed by atoms with Crippen molar-refractivity contribution in [1.82, 2.24) is 0 Å². The normalized spacial score (nSPS) is 11.4. The summed E-state index contributed by atoms with van der Waals surface area (Å²) in [7, 11) is 0. The highest BCUT2D eigenvalue weighted by Crippen LogP contribution is 2.39. The van der Waals surface area contributed by atoms with E-state index in [-0.39, 0.29) is 0 Å². The SMILES string of the molecule is N#CC(C#N)=C(N)C(F)(F)C(F)(F)F. The van der Waals surface area contributed by atoms with Gasteiger partial charge in [-0.3, -0.25) is 0 Å². The molecule has 0 heterocycles. The molecule has 0 amide bonds. The van der Waals surface area contributed by atoms with Crippen LogP contribution in [0, 0.1) is 22.7 Å². The molecule has 0 saturated carbocycles. The predicted molar refractivity (Wildman–Crippen MR) is 33.4 cm³/mol. The summed E-state index contributed by atoms with van der Waals surface area (Å²) in [5.41, 5.74) is 0.828. The van der Waals surface area contributed by atoms with Gasteiger partial charge >= 0.3 is 12.1 Å². The second kappa shape index (κ2) is 3.50. The number of nitriles is 2. The first-order valence-corrected chi connectivity index (χ1v) is 2.93. The first kappa shape index (κ1) is 12.2. The molecular weight excluding hydrogens is 209 g/mol. The fraction of sp³-hybridized carbons (Fsp3) is 0.333. The summed E-state index contributed by atoms with van der Waals surface area (Å²) in [6, 6.07) is 1.69. The van der Waals surface area contributed by atoms with Crippen LogP contribution in [-0.2, 0) is 0 Å². The van der Waals surface area contributed by atoms with Crippen molar-refractivity contribution in [2.75, 3.05) is 0 Å². The van der Waals surface area contributed by atoms with Gasteiger partial charge in [0.15, 0.2) is 5.57 Å². The van der Waals surface area contributed by atoms with Crippen LogP contribution in [0.25, 0.3) is 0 Å². The summed E-state index contributed by atoms with van der Waals surface area (Å²) in [6.45, 7) is 0. The van der Waals surface area contributed by atoms with Crippen molar-refractivity contribution in [3.05, 3.63) is 11.3 Å². The van der Waals surface area contributed by atoms with Crippen LogP contribution >= 0.6 is 0 Å². The van der Waals surface area contributed by atoms with Crippen LogP contribution in [0.1, 0.15) is 0 Å². The Morgan fingerprint density at radius 1 is 1.00 bits per heavy atom. The zero-order valence-electron chi connectivity index (χ0n) is 6.36. The number of halogens is 5.